The van der Waals surface area contributed by atoms with Gasteiger partial charge in [0.25, 0.3) is 5.91 Å². The van der Waals surface area contributed by atoms with E-state index in [4.69, 9.17) is 27.9 Å². The van der Waals surface area contributed by atoms with E-state index in [9.17, 15) is 4.79 Å². The molecule has 2 aromatic rings. The number of allylic oxidation sites excluding steroid dienone is 2. The minimum Gasteiger partial charge on any atom is -0.489 e. The summed E-state index contributed by atoms with van der Waals surface area (Å²) in [6.45, 7) is 15.3. The van der Waals surface area contributed by atoms with Crippen molar-refractivity contribution in [2.75, 3.05) is 32.7 Å². The molecule has 0 spiro atoms. The molecule has 5 nitrogen and oxygen atoms in total. The van der Waals surface area contributed by atoms with Crippen LogP contribution >= 0.6 is 23.2 Å². The van der Waals surface area contributed by atoms with Crippen molar-refractivity contribution in [2.45, 2.75) is 51.3 Å². The number of carbonyl (C=O) groups is 1. The fraction of sp³-hybridized carbons (Fsp3) is 0.406. The molecule has 2 fully saturated rings. The lowest BCUT2D eigenvalue weighted by molar-refractivity contribution is 0.0908. The van der Waals surface area contributed by atoms with E-state index in [0.29, 0.717) is 21.4 Å². The van der Waals surface area contributed by atoms with Crippen molar-refractivity contribution in [2.24, 2.45) is 0 Å². The topological polar surface area (TPSA) is 44.8 Å². The van der Waals surface area contributed by atoms with Gasteiger partial charge in [0.2, 0.25) is 0 Å². The summed E-state index contributed by atoms with van der Waals surface area (Å²) in [6, 6.07) is 16.0. The van der Waals surface area contributed by atoms with Gasteiger partial charge in [0.15, 0.2) is 0 Å². The van der Waals surface area contributed by atoms with Crippen LogP contribution in [0.1, 0.15) is 48.5 Å². The minimum absolute atomic E-state index is 0.0840. The Kier molecular flexibility index (Phi) is 10.7. The van der Waals surface area contributed by atoms with Gasteiger partial charge in [-0.25, -0.2) is 0 Å². The van der Waals surface area contributed by atoms with Crippen molar-refractivity contribution in [1.82, 2.24) is 15.1 Å². The van der Waals surface area contributed by atoms with Crippen LogP contribution in [0.25, 0.3) is 0 Å². The maximum Gasteiger partial charge on any atom is 0.251 e. The molecule has 2 saturated heterocycles. The fourth-order valence-electron chi connectivity index (χ4n) is 5.08. The minimum atomic E-state index is -0.0840. The largest absolute Gasteiger partial charge is 0.489 e. The number of rotatable bonds is 10. The Bertz CT molecular complexity index is 1180. The van der Waals surface area contributed by atoms with Gasteiger partial charge in [-0.2, -0.15) is 0 Å². The van der Waals surface area contributed by atoms with E-state index in [1.165, 1.54) is 5.56 Å². The first-order valence-corrected chi connectivity index (χ1v) is 14.5. The van der Waals surface area contributed by atoms with Crippen molar-refractivity contribution < 1.29 is 9.53 Å². The molecule has 2 aliphatic heterocycles. The van der Waals surface area contributed by atoms with Gasteiger partial charge in [0.1, 0.15) is 11.9 Å². The molecule has 4 rings (SSSR count). The molecule has 0 aromatic heterocycles. The van der Waals surface area contributed by atoms with Crippen molar-refractivity contribution in [3.8, 4) is 5.75 Å². The summed E-state index contributed by atoms with van der Waals surface area (Å²) in [4.78, 5) is 17.7. The zero-order valence-electron chi connectivity index (χ0n) is 22.8. The van der Waals surface area contributed by atoms with Crippen LogP contribution in [0, 0.1) is 0 Å². The van der Waals surface area contributed by atoms with Gasteiger partial charge in [0, 0.05) is 55.9 Å². The van der Waals surface area contributed by atoms with Gasteiger partial charge in [-0.3, -0.25) is 14.6 Å². The second kappa shape index (κ2) is 14.2. The molecule has 7 heteroatoms. The normalized spacial score (nSPS) is 18.1. The first-order valence-electron chi connectivity index (χ1n) is 13.7. The molecule has 0 bridgehead atoms. The Morgan fingerprint density at radius 1 is 1.03 bits per heavy atom. The number of carbonyl (C=O) groups excluding carboxylic acids is 1. The zero-order chi connectivity index (χ0) is 27.8. The van der Waals surface area contributed by atoms with Gasteiger partial charge in [-0.15, -0.1) is 0 Å². The predicted octanol–water partition coefficient (Wildman–Crippen LogP) is 6.83. The molecule has 0 radical (unpaired) electrons. The van der Waals surface area contributed by atoms with Crippen molar-refractivity contribution in [3.63, 3.8) is 0 Å². The molecule has 1 amide bonds. The fourth-order valence-corrected chi connectivity index (χ4v) is 5.46. The van der Waals surface area contributed by atoms with E-state index in [2.05, 4.69) is 52.5 Å². The third-order valence-electron chi connectivity index (χ3n) is 7.36. The standard InChI is InChI=1S/C32H39Cl2N3O2/c1-23(2)29(33)19-24(3)21-36-17-13-28(14-18-36)39-31-10-9-26(20-30(31)34)32(38)35-27-11-15-37(16-12-27)22-25-7-5-4-6-8-25/h4-10,19-20,27-28H,1,3,11-18,21-22H2,2H3,(H,35,38)/b29-19+. The summed E-state index contributed by atoms with van der Waals surface area (Å²) in [6.07, 6.45) is 5.65. The maximum atomic E-state index is 12.9. The quantitative estimate of drug-likeness (QED) is 0.319. The highest BCUT2D eigenvalue weighted by Gasteiger charge is 2.24. The van der Waals surface area contributed by atoms with Crippen molar-refractivity contribution >= 4 is 29.1 Å². The Morgan fingerprint density at radius 3 is 2.33 bits per heavy atom. The number of likely N-dealkylation sites (tertiary alicyclic amines) is 2. The van der Waals surface area contributed by atoms with E-state index in [-0.39, 0.29) is 18.1 Å². The van der Waals surface area contributed by atoms with E-state index in [0.717, 1.165) is 76.1 Å². The number of piperidine rings is 2. The Labute approximate surface area is 243 Å². The first-order chi connectivity index (χ1) is 18.8. The molecular formula is C32H39Cl2N3O2. The van der Waals surface area contributed by atoms with Gasteiger partial charge >= 0.3 is 0 Å². The monoisotopic (exact) mass is 567 g/mol. The van der Waals surface area contributed by atoms with Crippen LogP contribution < -0.4 is 10.1 Å². The lowest BCUT2D eigenvalue weighted by Gasteiger charge is -2.32. The second-order valence-corrected chi connectivity index (χ2v) is 11.5. The van der Waals surface area contributed by atoms with Crippen LogP contribution in [-0.4, -0.2) is 60.6 Å². The molecular weight excluding hydrogens is 529 g/mol. The van der Waals surface area contributed by atoms with Crippen LogP contribution in [0.15, 0.2) is 83.9 Å². The summed E-state index contributed by atoms with van der Waals surface area (Å²) in [5.74, 6) is 0.542. The third-order valence-corrected chi connectivity index (χ3v) is 8.09. The number of nitrogens with one attached hydrogen (secondary N) is 1. The van der Waals surface area contributed by atoms with E-state index in [1.807, 2.05) is 25.1 Å². The van der Waals surface area contributed by atoms with Gasteiger partial charge in [0.05, 0.1) is 5.02 Å². The lowest BCUT2D eigenvalue weighted by atomic mass is 10.0. The number of ether oxygens (including phenoxy) is 1. The number of hydrogen-bond donors (Lipinski definition) is 1. The highest BCUT2D eigenvalue weighted by molar-refractivity contribution is 6.32. The molecule has 0 aliphatic carbocycles. The number of halogens is 2. The Balaban J connectivity index is 1.20. The molecule has 39 heavy (non-hydrogen) atoms. The highest BCUT2D eigenvalue weighted by atomic mass is 35.5. The molecule has 208 valence electrons. The van der Waals surface area contributed by atoms with Gasteiger partial charge < -0.3 is 10.1 Å². The second-order valence-electron chi connectivity index (χ2n) is 10.7. The number of benzene rings is 2. The van der Waals surface area contributed by atoms with E-state index < -0.39 is 0 Å². The average Bonchev–Trinajstić information content (AvgIpc) is 2.92. The third kappa shape index (κ3) is 8.97. The van der Waals surface area contributed by atoms with E-state index >= 15 is 0 Å². The summed E-state index contributed by atoms with van der Waals surface area (Å²) >= 11 is 12.7. The molecule has 0 saturated carbocycles. The Hall–Kier alpha value is -2.57. The van der Waals surface area contributed by atoms with Crippen LogP contribution in [0.2, 0.25) is 5.02 Å². The summed E-state index contributed by atoms with van der Waals surface area (Å²) in [7, 11) is 0. The predicted molar refractivity (Wildman–Crippen MR) is 162 cm³/mol. The molecule has 2 aliphatic rings. The maximum absolute atomic E-state index is 12.9. The zero-order valence-corrected chi connectivity index (χ0v) is 24.3. The van der Waals surface area contributed by atoms with Crippen molar-refractivity contribution in [1.29, 1.82) is 0 Å². The summed E-state index contributed by atoms with van der Waals surface area (Å²) in [5, 5.41) is 4.31. The van der Waals surface area contributed by atoms with Gasteiger partial charge in [-0.1, -0.05) is 66.7 Å². The SMILES string of the molecule is C=C(/C=C(/Cl)C(=C)C)CN1CCC(Oc2ccc(C(=O)NC3CCN(Cc4ccccc4)CC3)cc2Cl)CC1. The van der Waals surface area contributed by atoms with Crippen LogP contribution in [0.5, 0.6) is 5.75 Å². The number of nitrogens with zero attached hydrogens (tertiary/aromatic N) is 2. The molecule has 1 N–H and O–H groups in total. The molecule has 0 atom stereocenters. The Morgan fingerprint density at radius 2 is 1.69 bits per heavy atom. The average molecular weight is 569 g/mol. The van der Waals surface area contributed by atoms with Gasteiger partial charge in [-0.05, 0) is 73.6 Å². The summed E-state index contributed by atoms with van der Waals surface area (Å²) in [5.41, 5.74) is 3.70. The summed E-state index contributed by atoms with van der Waals surface area (Å²) < 4.78 is 6.22. The number of hydrogen-bond acceptors (Lipinski definition) is 4. The molecule has 2 heterocycles. The first kappa shape index (κ1) is 29.4. The highest BCUT2D eigenvalue weighted by Crippen LogP contribution is 2.29. The number of amides is 1. The molecule has 0 unspecified atom stereocenters. The lowest BCUT2D eigenvalue weighted by Crippen LogP contribution is -2.44. The van der Waals surface area contributed by atoms with E-state index in [1.54, 1.807) is 12.1 Å². The van der Waals surface area contributed by atoms with Crippen molar-refractivity contribution in [3.05, 3.63) is 100 Å². The molecule has 2 aromatic carbocycles. The smallest absolute Gasteiger partial charge is 0.251 e. The van der Waals surface area contributed by atoms with Crippen LogP contribution in [0.4, 0.5) is 0 Å². The van der Waals surface area contributed by atoms with Crippen LogP contribution in [-0.2, 0) is 6.54 Å². The van der Waals surface area contributed by atoms with Crippen LogP contribution in [0.3, 0.4) is 0 Å².